The minimum Gasteiger partial charge on any atom is -0.458 e. The van der Waals surface area contributed by atoms with Gasteiger partial charge >= 0.3 is 5.97 Å². The third-order valence-electron chi connectivity index (χ3n) is 3.15. The standard InChI is InChI=1S/C16H21NO3/c1-14(13-17-9-11-19-12-10-17)20-16(18)8-7-15-5-3-2-4-6-15/h2-8,14H,9-13H2,1H3/b8-7+/t14-/m0/s1. The fourth-order valence-electron chi connectivity index (χ4n) is 2.15. The van der Waals surface area contributed by atoms with Crippen LogP contribution in [-0.4, -0.2) is 49.8 Å². The molecule has 0 aliphatic carbocycles. The summed E-state index contributed by atoms with van der Waals surface area (Å²) in [5, 5.41) is 0. The van der Waals surface area contributed by atoms with Crippen molar-refractivity contribution in [2.24, 2.45) is 0 Å². The predicted octanol–water partition coefficient (Wildman–Crippen LogP) is 1.96. The van der Waals surface area contributed by atoms with Crippen LogP contribution in [0.25, 0.3) is 6.08 Å². The molecule has 1 aromatic carbocycles. The molecule has 4 heteroatoms. The average Bonchev–Trinajstić information content (AvgIpc) is 2.47. The summed E-state index contributed by atoms with van der Waals surface area (Å²) < 4.78 is 10.7. The molecule has 0 unspecified atom stereocenters. The lowest BCUT2D eigenvalue weighted by atomic mass is 10.2. The van der Waals surface area contributed by atoms with Crippen LogP contribution in [0.3, 0.4) is 0 Å². The van der Waals surface area contributed by atoms with E-state index < -0.39 is 0 Å². The Labute approximate surface area is 120 Å². The summed E-state index contributed by atoms with van der Waals surface area (Å²) in [7, 11) is 0. The minimum absolute atomic E-state index is 0.110. The molecule has 0 aromatic heterocycles. The first-order valence-electron chi connectivity index (χ1n) is 6.98. The number of hydrogen-bond donors (Lipinski definition) is 0. The van der Waals surface area contributed by atoms with Crippen LogP contribution in [0.4, 0.5) is 0 Å². The second kappa shape index (κ2) is 7.82. The first-order chi connectivity index (χ1) is 9.74. The average molecular weight is 275 g/mol. The van der Waals surface area contributed by atoms with Crippen molar-refractivity contribution in [2.45, 2.75) is 13.0 Å². The van der Waals surface area contributed by atoms with E-state index in [0.29, 0.717) is 0 Å². The number of esters is 1. The molecule has 0 radical (unpaired) electrons. The summed E-state index contributed by atoms with van der Waals surface area (Å²) in [5.41, 5.74) is 0.991. The second-order valence-electron chi connectivity index (χ2n) is 4.90. The van der Waals surface area contributed by atoms with Crippen molar-refractivity contribution < 1.29 is 14.3 Å². The van der Waals surface area contributed by atoms with E-state index in [0.717, 1.165) is 38.4 Å². The van der Waals surface area contributed by atoms with Crippen LogP contribution in [0.15, 0.2) is 36.4 Å². The Kier molecular flexibility index (Phi) is 5.77. The Morgan fingerprint density at radius 1 is 1.35 bits per heavy atom. The SMILES string of the molecule is C[C@@H](CN1CCOCC1)OC(=O)/C=C/c1ccccc1. The summed E-state index contributed by atoms with van der Waals surface area (Å²) in [6, 6.07) is 9.71. The first kappa shape index (κ1) is 14.8. The van der Waals surface area contributed by atoms with Gasteiger partial charge in [-0.15, -0.1) is 0 Å². The van der Waals surface area contributed by atoms with Crippen molar-refractivity contribution >= 4 is 12.0 Å². The van der Waals surface area contributed by atoms with Crippen molar-refractivity contribution in [2.75, 3.05) is 32.8 Å². The number of ether oxygens (including phenoxy) is 2. The number of morpholine rings is 1. The Bertz CT molecular complexity index is 438. The molecule has 0 bridgehead atoms. The van der Waals surface area contributed by atoms with Crippen molar-refractivity contribution in [3.8, 4) is 0 Å². The highest BCUT2D eigenvalue weighted by atomic mass is 16.5. The third kappa shape index (κ3) is 5.15. The van der Waals surface area contributed by atoms with E-state index in [4.69, 9.17) is 9.47 Å². The smallest absolute Gasteiger partial charge is 0.331 e. The van der Waals surface area contributed by atoms with Crippen molar-refractivity contribution in [3.63, 3.8) is 0 Å². The zero-order valence-corrected chi connectivity index (χ0v) is 11.8. The van der Waals surface area contributed by atoms with E-state index >= 15 is 0 Å². The van der Waals surface area contributed by atoms with Crippen LogP contribution < -0.4 is 0 Å². The highest BCUT2D eigenvalue weighted by Gasteiger charge is 2.15. The zero-order valence-electron chi connectivity index (χ0n) is 11.8. The molecule has 2 rings (SSSR count). The molecule has 1 aliphatic heterocycles. The van der Waals surface area contributed by atoms with Crippen LogP contribution in [0.5, 0.6) is 0 Å². The molecular formula is C16H21NO3. The van der Waals surface area contributed by atoms with Crippen LogP contribution >= 0.6 is 0 Å². The molecule has 0 spiro atoms. The van der Waals surface area contributed by atoms with Crippen molar-refractivity contribution in [1.82, 2.24) is 4.90 Å². The Morgan fingerprint density at radius 3 is 2.75 bits per heavy atom. The lowest BCUT2D eigenvalue weighted by Crippen LogP contribution is -2.41. The summed E-state index contributed by atoms with van der Waals surface area (Å²) in [6.45, 7) is 6.00. The fraction of sp³-hybridized carbons (Fsp3) is 0.438. The van der Waals surface area contributed by atoms with Crippen LogP contribution in [0.2, 0.25) is 0 Å². The van der Waals surface area contributed by atoms with E-state index in [2.05, 4.69) is 4.90 Å². The maximum absolute atomic E-state index is 11.7. The zero-order chi connectivity index (χ0) is 14.2. The highest BCUT2D eigenvalue weighted by Crippen LogP contribution is 2.04. The summed E-state index contributed by atoms with van der Waals surface area (Å²) in [6.07, 6.45) is 3.13. The van der Waals surface area contributed by atoms with Crippen LogP contribution in [0, 0.1) is 0 Å². The molecule has 4 nitrogen and oxygen atoms in total. The van der Waals surface area contributed by atoms with E-state index in [1.807, 2.05) is 37.3 Å². The fourth-order valence-corrected chi connectivity index (χ4v) is 2.15. The molecule has 20 heavy (non-hydrogen) atoms. The number of rotatable bonds is 5. The van der Waals surface area contributed by atoms with Gasteiger partial charge < -0.3 is 9.47 Å². The molecule has 1 aliphatic rings. The molecule has 1 saturated heterocycles. The molecule has 1 atom stereocenters. The molecule has 0 N–H and O–H groups in total. The number of carbonyl (C=O) groups excluding carboxylic acids is 1. The quantitative estimate of drug-likeness (QED) is 0.608. The molecule has 0 saturated carbocycles. The topological polar surface area (TPSA) is 38.8 Å². The Morgan fingerprint density at radius 2 is 2.05 bits per heavy atom. The van der Waals surface area contributed by atoms with E-state index in [9.17, 15) is 4.79 Å². The minimum atomic E-state index is -0.297. The number of carbonyl (C=O) groups is 1. The summed E-state index contributed by atoms with van der Waals surface area (Å²) >= 11 is 0. The van der Waals surface area contributed by atoms with Gasteiger partial charge in [-0.2, -0.15) is 0 Å². The molecule has 1 aromatic rings. The van der Waals surface area contributed by atoms with Crippen molar-refractivity contribution in [1.29, 1.82) is 0 Å². The van der Waals surface area contributed by atoms with Gasteiger partial charge in [0.1, 0.15) is 6.10 Å². The lowest BCUT2D eigenvalue weighted by Gasteiger charge is -2.28. The number of hydrogen-bond acceptors (Lipinski definition) is 4. The maximum atomic E-state index is 11.7. The summed E-state index contributed by atoms with van der Waals surface area (Å²) in [5.74, 6) is -0.297. The normalized spacial score (nSPS) is 18.1. The van der Waals surface area contributed by atoms with Gasteiger partial charge in [-0.25, -0.2) is 4.79 Å². The van der Waals surface area contributed by atoms with Gasteiger partial charge in [0.05, 0.1) is 13.2 Å². The molecule has 1 heterocycles. The number of nitrogens with zero attached hydrogens (tertiary/aromatic N) is 1. The van der Waals surface area contributed by atoms with Crippen LogP contribution in [-0.2, 0) is 14.3 Å². The Hall–Kier alpha value is -1.65. The Balaban J connectivity index is 1.74. The van der Waals surface area contributed by atoms with Gasteiger partial charge in [-0.1, -0.05) is 30.3 Å². The van der Waals surface area contributed by atoms with Gasteiger partial charge in [-0.3, -0.25) is 4.90 Å². The van der Waals surface area contributed by atoms with Gasteiger partial charge in [0, 0.05) is 25.7 Å². The van der Waals surface area contributed by atoms with Crippen molar-refractivity contribution in [3.05, 3.63) is 42.0 Å². The largest absolute Gasteiger partial charge is 0.458 e. The lowest BCUT2D eigenvalue weighted by molar-refractivity contribution is -0.143. The van der Waals surface area contributed by atoms with E-state index in [-0.39, 0.29) is 12.1 Å². The molecule has 108 valence electrons. The van der Waals surface area contributed by atoms with Crippen LogP contribution in [0.1, 0.15) is 12.5 Å². The molecular weight excluding hydrogens is 254 g/mol. The third-order valence-corrected chi connectivity index (χ3v) is 3.15. The monoisotopic (exact) mass is 275 g/mol. The number of benzene rings is 1. The van der Waals surface area contributed by atoms with E-state index in [1.54, 1.807) is 6.08 Å². The van der Waals surface area contributed by atoms with E-state index in [1.165, 1.54) is 6.08 Å². The van der Waals surface area contributed by atoms with Gasteiger partial charge in [0.15, 0.2) is 0 Å². The second-order valence-corrected chi connectivity index (χ2v) is 4.90. The maximum Gasteiger partial charge on any atom is 0.331 e. The molecule has 1 fully saturated rings. The van der Waals surface area contributed by atoms with Gasteiger partial charge in [0.2, 0.25) is 0 Å². The van der Waals surface area contributed by atoms with Gasteiger partial charge in [-0.05, 0) is 18.6 Å². The highest BCUT2D eigenvalue weighted by molar-refractivity contribution is 5.87. The van der Waals surface area contributed by atoms with Gasteiger partial charge in [0.25, 0.3) is 0 Å². The summed E-state index contributed by atoms with van der Waals surface area (Å²) in [4.78, 5) is 14.0. The first-order valence-corrected chi connectivity index (χ1v) is 6.98. The predicted molar refractivity (Wildman–Crippen MR) is 78.3 cm³/mol. The molecule has 0 amide bonds.